The van der Waals surface area contributed by atoms with Gasteiger partial charge in [0.2, 0.25) is 0 Å². The Bertz CT molecular complexity index is 546. The summed E-state index contributed by atoms with van der Waals surface area (Å²) in [6.07, 6.45) is 0.618. The monoisotopic (exact) mass is 302 g/mol. The number of hydrogen-bond donors (Lipinski definition) is 2. The Balaban J connectivity index is 2.44. The van der Waals surface area contributed by atoms with Crippen molar-refractivity contribution in [3.8, 4) is 0 Å². The highest BCUT2D eigenvalue weighted by atomic mass is 19.2. The first-order valence-corrected chi connectivity index (χ1v) is 6.89. The van der Waals surface area contributed by atoms with E-state index in [9.17, 15) is 13.2 Å². The Morgan fingerprint density at radius 1 is 1.19 bits per heavy atom. The fraction of sp³-hybridized carbons (Fsp3) is 0.600. The number of benzene rings is 1. The molecular weight excluding hydrogens is 281 g/mol. The maximum Gasteiger partial charge on any atom is 0.194 e. The van der Waals surface area contributed by atoms with Crippen LogP contribution in [0.2, 0.25) is 0 Å². The molecule has 1 saturated heterocycles. The molecule has 0 saturated carbocycles. The molecule has 1 aromatic rings. The molecule has 1 heterocycles. The van der Waals surface area contributed by atoms with E-state index in [0.717, 1.165) is 6.07 Å². The van der Waals surface area contributed by atoms with E-state index in [2.05, 4.69) is 5.43 Å². The van der Waals surface area contributed by atoms with E-state index in [1.807, 2.05) is 27.7 Å². The van der Waals surface area contributed by atoms with Gasteiger partial charge in [0.25, 0.3) is 0 Å². The van der Waals surface area contributed by atoms with E-state index in [1.54, 1.807) is 0 Å². The van der Waals surface area contributed by atoms with Crippen molar-refractivity contribution >= 4 is 0 Å². The minimum Gasteiger partial charge on any atom is -0.369 e. The van der Waals surface area contributed by atoms with E-state index in [0.29, 0.717) is 6.42 Å². The fourth-order valence-electron chi connectivity index (χ4n) is 3.33. The van der Waals surface area contributed by atoms with Gasteiger partial charge in [0.1, 0.15) is 0 Å². The molecule has 1 aliphatic heterocycles. The molecule has 3 nitrogen and oxygen atoms in total. The summed E-state index contributed by atoms with van der Waals surface area (Å²) in [4.78, 5) is 0. The average Bonchev–Trinajstić information content (AvgIpc) is 2.58. The second-order valence-corrected chi connectivity index (χ2v) is 6.68. The molecule has 1 aromatic carbocycles. The van der Waals surface area contributed by atoms with Crippen molar-refractivity contribution in [2.45, 2.75) is 51.4 Å². The van der Waals surface area contributed by atoms with Gasteiger partial charge in [-0.1, -0.05) is 6.07 Å². The van der Waals surface area contributed by atoms with Crippen molar-refractivity contribution in [1.29, 1.82) is 0 Å². The van der Waals surface area contributed by atoms with Crippen molar-refractivity contribution in [1.82, 2.24) is 5.43 Å². The van der Waals surface area contributed by atoms with Crippen molar-refractivity contribution < 1.29 is 17.9 Å². The molecule has 0 radical (unpaired) electrons. The van der Waals surface area contributed by atoms with Crippen LogP contribution >= 0.6 is 0 Å². The van der Waals surface area contributed by atoms with Crippen LogP contribution in [0, 0.1) is 23.4 Å². The number of hydrogen-bond acceptors (Lipinski definition) is 3. The number of nitrogens with one attached hydrogen (secondary N) is 1. The first kappa shape index (κ1) is 16.3. The van der Waals surface area contributed by atoms with E-state index < -0.39 is 34.7 Å². The molecule has 118 valence electrons. The van der Waals surface area contributed by atoms with Gasteiger partial charge in [0, 0.05) is 11.5 Å². The molecule has 2 unspecified atom stereocenters. The highest BCUT2D eigenvalue weighted by molar-refractivity contribution is 5.25. The maximum absolute atomic E-state index is 14.0. The molecule has 2 atom stereocenters. The second kappa shape index (κ2) is 5.26. The predicted molar refractivity (Wildman–Crippen MR) is 73.7 cm³/mol. The Kier molecular flexibility index (Phi) is 4.08. The summed E-state index contributed by atoms with van der Waals surface area (Å²) < 4.78 is 46.6. The third-order valence-corrected chi connectivity index (χ3v) is 4.13. The molecule has 0 amide bonds. The van der Waals surface area contributed by atoms with Crippen LogP contribution in [-0.2, 0) is 4.74 Å². The van der Waals surface area contributed by atoms with E-state index in [1.165, 1.54) is 6.07 Å². The average molecular weight is 302 g/mol. The summed E-state index contributed by atoms with van der Waals surface area (Å²) in [6, 6.07) is 1.46. The SMILES string of the molecule is CC1(C)CC(C(NN)c2ccc(F)c(F)c2F)C(C)(C)O1. The normalized spacial score (nSPS) is 25.0. The molecule has 1 fully saturated rings. The third kappa shape index (κ3) is 2.93. The molecule has 6 heteroatoms. The topological polar surface area (TPSA) is 47.3 Å². The predicted octanol–water partition coefficient (Wildman–Crippen LogP) is 3.20. The summed E-state index contributed by atoms with van der Waals surface area (Å²) >= 11 is 0. The van der Waals surface area contributed by atoms with Gasteiger partial charge in [-0.25, -0.2) is 13.2 Å². The van der Waals surface area contributed by atoms with Gasteiger partial charge in [0.05, 0.1) is 17.2 Å². The van der Waals surface area contributed by atoms with Gasteiger partial charge in [-0.2, -0.15) is 0 Å². The van der Waals surface area contributed by atoms with Crippen molar-refractivity contribution in [3.63, 3.8) is 0 Å². The quantitative estimate of drug-likeness (QED) is 0.512. The molecular formula is C15H21F3N2O. The highest BCUT2D eigenvalue weighted by Crippen LogP contribution is 2.47. The van der Waals surface area contributed by atoms with E-state index in [4.69, 9.17) is 10.6 Å². The first-order chi connectivity index (χ1) is 9.59. The van der Waals surface area contributed by atoms with Crippen LogP contribution in [0.4, 0.5) is 13.2 Å². The summed E-state index contributed by atoms with van der Waals surface area (Å²) in [6.45, 7) is 7.64. The second-order valence-electron chi connectivity index (χ2n) is 6.68. The van der Waals surface area contributed by atoms with E-state index >= 15 is 0 Å². The van der Waals surface area contributed by atoms with Gasteiger partial charge < -0.3 is 4.74 Å². The number of hydrazine groups is 1. The molecule has 0 aliphatic carbocycles. The number of nitrogens with two attached hydrogens (primary N) is 1. The number of rotatable bonds is 3. The Morgan fingerprint density at radius 2 is 1.81 bits per heavy atom. The lowest BCUT2D eigenvalue weighted by atomic mass is 9.79. The summed E-state index contributed by atoms with van der Waals surface area (Å²) in [7, 11) is 0. The van der Waals surface area contributed by atoms with Crippen molar-refractivity contribution in [2.24, 2.45) is 11.8 Å². The zero-order valence-corrected chi connectivity index (χ0v) is 12.6. The molecule has 1 aliphatic rings. The number of halogens is 3. The van der Waals surface area contributed by atoms with Gasteiger partial charge in [-0.05, 0) is 40.2 Å². The fourth-order valence-corrected chi connectivity index (χ4v) is 3.33. The molecule has 3 N–H and O–H groups in total. The van der Waals surface area contributed by atoms with Crippen LogP contribution in [0.3, 0.4) is 0 Å². The van der Waals surface area contributed by atoms with Gasteiger partial charge >= 0.3 is 0 Å². The smallest absolute Gasteiger partial charge is 0.194 e. The first-order valence-electron chi connectivity index (χ1n) is 6.89. The Hall–Kier alpha value is -1.11. The maximum atomic E-state index is 14.0. The summed E-state index contributed by atoms with van der Waals surface area (Å²) in [5, 5.41) is 0. The van der Waals surface area contributed by atoms with Crippen LogP contribution in [0.5, 0.6) is 0 Å². The molecule has 0 spiro atoms. The lowest BCUT2D eigenvalue weighted by Gasteiger charge is -2.33. The van der Waals surface area contributed by atoms with Crippen molar-refractivity contribution in [3.05, 3.63) is 35.1 Å². The van der Waals surface area contributed by atoms with Gasteiger partial charge in [-0.3, -0.25) is 11.3 Å². The lowest BCUT2D eigenvalue weighted by molar-refractivity contribution is -0.0780. The van der Waals surface area contributed by atoms with E-state index in [-0.39, 0.29) is 11.5 Å². The Morgan fingerprint density at radius 3 is 2.29 bits per heavy atom. The molecule has 0 aromatic heterocycles. The lowest BCUT2D eigenvalue weighted by Crippen LogP contribution is -2.41. The van der Waals surface area contributed by atoms with Crippen LogP contribution in [0.25, 0.3) is 0 Å². The zero-order chi connectivity index (χ0) is 16.0. The molecule has 2 rings (SSSR count). The minimum atomic E-state index is -1.48. The minimum absolute atomic E-state index is 0.00998. The third-order valence-electron chi connectivity index (χ3n) is 4.13. The highest BCUT2D eigenvalue weighted by Gasteiger charge is 2.49. The van der Waals surface area contributed by atoms with Gasteiger partial charge in [0.15, 0.2) is 17.5 Å². The van der Waals surface area contributed by atoms with Crippen LogP contribution in [-0.4, -0.2) is 11.2 Å². The summed E-state index contributed by atoms with van der Waals surface area (Å²) in [5.41, 5.74) is 1.58. The Labute approximate surface area is 122 Å². The van der Waals surface area contributed by atoms with Crippen LogP contribution in [0.15, 0.2) is 12.1 Å². The van der Waals surface area contributed by atoms with Crippen LogP contribution < -0.4 is 11.3 Å². The molecule has 21 heavy (non-hydrogen) atoms. The van der Waals surface area contributed by atoms with Gasteiger partial charge in [-0.15, -0.1) is 0 Å². The van der Waals surface area contributed by atoms with Crippen LogP contribution in [0.1, 0.15) is 45.7 Å². The number of ether oxygens (including phenoxy) is 1. The zero-order valence-electron chi connectivity index (χ0n) is 12.6. The molecule has 0 bridgehead atoms. The largest absolute Gasteiger partial charge is 0.369 e. The van der Waals surface area contributed by atoms with Crippen molar-refractivity contribution in [2.75, 3.05) is 0 Å². The summed E-state index contributed by atoms with van der Waals surface area (Å²) in [5.74, 6) is 1.47. The standard InChI is InChI=1S/C15H21F3N2O/c1-14(2)7-9(15(3,4)21-14)13(20-19)8-5-6-10(16)12(18)11(8)17/h5-6,9,13,20H,7,19H2,1-4H3.